The van der Waals surface area contributed by atoms with Crippen molar-refractivity contribution in [2.24, 2.45) is 0 Å². The summed E-state index contributed by atoms with van der Waals surface area (Å²) in [5.74, 6) is 0.975. The molecule has 1 unspecified atom stereocenters. The molecule has 6 heteroatoms. The SMILES string of the molecule is CCCCc1ccc(O)c2sc3nc(Cc4ccccc4)n(CC4CCCO4)c(=O)c3c12. The highest BCUT2D eigenvalue weighted by Gasteiger charge is 2.23. The quantitative estimate of drug-likeness (QED) is 0.409. The Kier molecular flexibility index (Phi) is 5.98. The molecule has 0 bridgehead atoms. The molecule has 1 saturated heterocycles. The first-order valence-electron chi connectivity index (χ1n) is 11.5. The molecule has 0 radical (unpaired) electrons. The van der Waals surface area contributed by atoms with Crippen LogP contribution in [-0.4, -0.2) is 27.4 Å². The van der Waals surface area contributed by atoms with Crippen molar-refractivity contribution in [1.29, 1.82) is 0 Å². The van der Waals surface area contributed by atoms with Crippen molar-refractivity contribution >= 4 is 31.6 Å². The minimum atomic E-state index is -0.0222. The van der Waals surface area contributed by atoms with Crippen LogP contribution in [-0.2, 0) is 24.1 Å². The van der Waals surface area contributed by atoms with Crippen molar-refractivity contribution in [3.8, 4) is 5.75 Å². The van der Waals surface area contributed by atoms with E-state index < -0.39 is 0 Å². The van der Waals surface area contributed by atoms with Gasteiger partial charge in [0, 0.05) is 18.4 Å². The normalized spacial score (nSPS) is 16.3. The van der Waals surface area contributed by atoms with Crippen LogP contribution in [0.25, 0.3) is 20.3 Å². The minimum absolute atomic E-state index is 0.0222. The van der Waals surface area contributed by atoms with E-state index in [0.29, 0.717) is 23.2 Å². The number of nitrogens with zero attached hydrogens (tertiary/aromatic N) is 2. The number of benzene rings is 2. The van der Waals surface area contributed by atoms with Crippen molar-refractivity contribution in [3.05, 3.63) is 69.8 Å². The Morgan fingerprint density at radius 3 is 2.78 bits per heavy atom. The Morgan fingerprint density at radius 1 is 1.19 bits per heavy atom. The molecule has 4 aromatic rings. The van der Waals surface area contributed by atoms with Crippen LogP contribution < -0.4 is 5.56 Å². The summed E-state index contributed by atoms with van der Waals surface area (Å²) >= 11 is 1.42. The zero-order valence-electron chi connectivity index (χ0n) is 18.3. The average molecular weight is 449 g/mol. The van der Waals surface area contributed by atoms with E-state index in [1.165, 1.54) is 11.3 Å². The Balaban J connectivity index is 1.73. The van der Waals surface area contributed by atoms with Gasteiger partial charge in [-0.1, -0.05) is 49.7 Å². The molecule has 1 fully saturated rings. The van der Waals surface area contributed by atoms with E-state index in [1.807, 2.05) is 28.8 Å². The number of hydrogen-bond donors (Lipinski definition) is 1. The fourth-order valence-electron chi connectivity index (χ4n) is 4.62. The largest absolute Gasteiger partial charge is 0.506 e. The van der Waals surface area contributed by atoms with Crippen LogP contribution in [0.3, 0.4) is 0 Å². The molecule has 3 heterocycles. The minimum Gasteiger partial charge on any atom is -0.506 e. The maximum atomic E-state index is 13.9. The van der Waals surface area contributed by atoms with Crippen LogP contribution in [0.4, 0.5) is 0 Å². The molecule has 5 rings (SSSR count). The molecule has 166 valence electrons. The van der Waals surface area contributed by atoms with E-state index in [4.69, 9.17) is 9.72 Å². The molecular weight excluding hydrogens is 420 g/mol. The highest BCUT2D eigenvalue weighted by Crippen LogP contribution is 2.39. The molecule has 1 atom stereocenters. The lowest BCUT2D eigenvalue weighted by Gasteiger charge is -2.16. The number of fused-ring (bicyclic) bond motifs is 3. The van der Waals surface area contributed by atoms with Crippen LogP contribution in [0.5, 0.6) is 5.75 Å². The third kappa shape index (κ3) is 3.93. The predicted molar refractivity (Wildman–Crippen MR) is 130 cm³/mol. The summed E-state index contributed by atoms with van der Waals surface area (Å²) in [5, 5.41) is 12.1. The molecular formula is C26H28N2O3S. The van der Waals surface area contributed by atoms with Gasteiger partial charge in [0.05, 0.1) is 22.7 Å². The van der Waals surface area contributed by atoms with Gasteiger partial charge in [-0.15, -0.1) is 11.3 Å². The van der Waals surface area contributed by atoms with Gasteiger partial charge in [0.1, 0.15) is 16.4 Å². The summed E-state index contributed by atoms with van der Waals surface area (Å²) in [5.41, 5.74) is 2.21. The zero-order valence-corrected chi connectivity index (χ0v) is 19.2. The third-order valence-electron chi connectivity index (χ3n) is 6.30. The number of aromatic nitrogens is 2. The number of unbranched alkanes of at least 4 members (excludes halogenated alkanes) is 1. The standard InChI is InChI=1S/C26H28N2O3S/c1-2-3-10-18-12-13-20(29)24-22(18)23-25(32-24)27-21(15-17-8-5-4-6-9-17)28(26(23)30)16-19-11-7-14-31-19/h4-6,8-9,12-13,19,29H,2-3,7,10-11,14-16H2,1H3. The zero-order chi connectivity index (χ0) is 22.1. The number of hydrogen-bond acceptors (Lipinski definition) is 5. The molecule has 2 aromatic heterocycles. The Bertz CT molecular complexity index is 1300. The van der Waals surface area contributed by atoms with Crippen LogP contribution in [0.1, 0.15) is 49.6 Å². The van der Waals surface area contributed by atoms with E-state index in [0.717, 1.165) is 65.7 Å². The van der Waals surface area contributed by atoms with Gasteiger partial charge in [-0.2, -0.15) is 0 Å². The van der Waals surface area contributed by atoms with Gasteiger partial charge in [0.2, 0.25) is 0 Å². The predicted octanol–water partition coefficient (Wildman–Crippen LogP) is 5.43. The molecule has 5 nitrogen and oxygen atoms in total. The van der Waals surface area contributed by atoms with E-state index in [1.54, 1.807) is 6.07 Å². The maximum Gasteiger partial charge on any atom is 0.263 e. The van der Waals surface area contributed by atoms with Gasteiger partial charge < -0.3 is 9.84 Å². The van der Waals surface area contributed by atoms with Gasteiger partial charge in [-0.05, 0) is 42.9 Å². The number of phenolic OH excluding ortho intramolecular Hbond substituents is 1. The Labute approximate surface area is 191 Å². The summed E-state index contributed by atoms with van der Waals surface area (Å²) in [4.78, 5) is 19.6. The molecule has 1 aliphatic rings. The van der Waals surface area contributed by atoms with Crippen molar-refractivity contribution < 1.29 is 9.84 Å². The topological polar surface area (TPSA) is 64.3 Å². The number of ether oxygens (including phenoxy) is 1. The van der Waals surface area contributed by atoms with Crippen molar-refractivity contribution in [1.82, 2.24) is 9.55 Å². The second-order valence-corrected chi connectivity index (χ2v) is 9.57. The molecule has 0 aliphatic carbocycles. The maximum absolute atomic E-state index is 13.9. The van der Waals surface area contributed by atoms with E-state index in [2.05, 4.69) is 19.1 Å². The summed E-state index contributed by atoms with van der Waals surface area (Å²) in [6, 6.07) is 13.8. The van der Waals surface area contributed by atoms with E-state index in [-0.39, 0.29) is 17.4 Å². The van der Waals surface area contributed by atoms with Gasteiger partial charge in [-0.25, -0.2) is 4.98 Å². The Hall–Kier alpha value is -2.70. The lowest BCUT2D eigenvalue weighted by Crippen LogP contribution is -2.30. The molecule has 1 N–H and O–H groups in total. The van der Waals surface area contributed by atoms with Gasteiger partial charge >= 0.3 is 0 Å². The van der Waals surface area contributed by atoms with Crippen LogP contribution in [0, 0.1) is 0 Å². The fraction of sp³-hybridized carbons (Fsp3) is 0.385. The molecule has 2 aromatic carbocycles. The number of rotatable bonds is 7. The molecule has 0 saturated carbocycles. The smallest absolute Gasteiger partial charge is 0.263 e. The molecule has 1 aliphatic heterocycles. The molecule has 0 amide bonds. The number of aromatic hydroxyl groups is 1. The molecule has 32 heavy (non-hydrogen) atoms. The highest BCUT2D eigenvalue weighted by molar-refractivity contribution is 7.25. The second kappa shape index (κ2) is 9.04. The number of phenols is 1. The lowest BCUT2D eigenvalue weighted by molar-refractivity contribution is 0.0953. The fourth-order valence-corrected chi connectivity index (χ4v) is 5.76. The van der Waals surface area contributed by atoms with Gasteiger partial charge in [-0.3, -0.25) is 9.36 Å². The van der Waals surface area contributed by atoms with Crippen LogP contribution in [0.15, 0.2) is 47.3 Å². The number of thiophene rings is 1. The lowest BCUT2D eigenvalue weighted by atomic mass is 10.0. The third-order valence-corrected chi connectivity index (χ3v) is 7.41. The summed E-state index contributed by atoms with van der Waals surface area (Å²) in [6.07, 6.45) is 5.62. The highest BCUT2D eigenvalue weighted by atomic mass is 32.1. The van der Waals surface area contributed by atoms with Crippen LogP contribution >= 0.6 is 11.3 Å². The first-order valence-corrected chi connectivity index (χ1v) is 12.3. The summed E-state index contributed by atoms with van der Waals surface area (Å²) in [6.45, 7) is 3.43. The van der Waals surface area contributed by atoms with Gasteiger partial charge in [0.15, 0.2) is 0 Å². The number of aryl methyl sites for hydroxylation is 1. The van der Waals surface area contributed by atoms with Crippen molar-refractivity contribution in [2.75, 3.05) is 6.61 Å². The van der Waals surface area contributed by atoms with Gasteiger partial charge in [0.25, 0.3) is 5.56 Å². The second-order valence-electron chi connectivity index (χ2n) is 8.57. The Morgan fingerprint density at radius 2 is 2.03 bits per heavy atom. The average Bonchev–Trinajstić information content (AvgIpc) is 3.45. The van der Waals surface area contributed by atoms with Crippen molar-refractivity contribution in [3.63, 3.8) is 0 Å². The van der Waals surface area contributed by atoms with E-state index >= 15 is 0 Å². The molecule has 0 spiro atoms. The summed E-state index contributed by atoms with van der Waals surface area (Å²) < 4.78 is 8.46. The first kappa shape index (κ1) is 21.2. The van der Waals surface area contributed by atoms with E-state index in [9.17, 15) is 9.90 Å². The first-order chi connectivity index (χ1) is 15.7. The van der Waals surface area contributed by atoms with Crippen LogP contribution in [0.2, 0.25) is 0 Å². The van der Waals surface area contributed by atoms with Crippen molar-refractivity contribution in [2.45, 2.75) is 58.1 Å². The summed E-state index contributed by atoms with van der Waals surface area (Å²) in [7, 11) is 0. The monoisotopic (exact) mass is 448 g/mol.